The molecule has 1 fully saturated rings. The minimum absolute atomic E-state index is 0.170. The molecule has 0 radical (unpaired) electrons. The Kier molecular flexibility index (Phi) is 7.48. The topological polar surface area (TPSA) is 86.5 Å². The second kappa shape index (κ2) is 11.5. The maximum atomic E-state index is 15.4. The van der Waals surface area contributed by atoms with E-state index in [1.165, 1.54) is 30.5 Å². The lowest BCUT2D eigenvalue weighted by atomic mass is 10.1. The van der Waals surface area contributed by atoms with E-state index < -0.39 is 5.97 Å². The third-order valence-electron chi connectivity index (χ3n) is 7.40. The molecule has 6 rings (SSSR count). The van der Waals surface area contributed by atoms with E-state index in [1.54, 1.807) is 31.4 Å². The zero-order valence-corrected chi connectivity index (χ0v) is 22.7. The van der Waals surface area contributed by atoms with Gasteiger partial charge < -0.3 is 19.1 Å². The second-order valence-corrected chi connectivity index (χ2v) is 10.3. The third-order valence-corrected chi connectivity index (χ3v) is 7.40. The number of ether oxygens (including phenoxy) is 2. The van der Waals surface area contributed by atoms with Gasteiger partial charge in [-0.2, -0.15) is 0 Å². The fraction of sp³-hybridized carbons (Fsp3) is 0.242. The predicted octanol–water partition coefficient (Wildman–Crippen LogP) is 6.63. The lowest BCUT2D eigenvalue weighted by Gasteiger charge is -2.11. The van der Waals surface area contributed by atoms with Gasteiger partial charge in [0.1, 0.15) is 18.2 Å². The van der Waals surface area contributed by atoms with Crippen LogP contribution in [0.1, 0.15) is 51.6 Å². The van der Waals surface area contributed by atoms with Crippen LogP contribution >= 0.6 is 0 Å². The summed E-state index contributed by atoms with van der Waals surface area (Å²) in [4.78, 5) is 20.8. The average molecular weight is 552 g/mol. The maximum Gasteiger partial charge on any atom is 0.335 e. The number of methoxy groups -OCH3 is 1. The molecule has 0 unspecified atom stereocenters. The number of pyridine rings is 1. The number of nitrogens with zero attached hydrogens (tertiary/aromatic N) is 3. The summed E-state index contributed by atoms with van der Waals surface area (Å²) in [6.45, 7) is 1.29. The Morgan fingerprint density at radius 1 is 1.02 bits per heavy atom. The van der Waals surface area contributed by atoms with Gasteiger partial charge in [-0.05, 0) is 65.8 Å². The standard InChI is InChI=1S/C33H30FN3O4/c1-40-15-14-37-30-18-26(33(38)39)12-13-29(30)35-31(37)19-24-10-11-25(17-27(24)34)28-6-3-7-32(36-28)41-20-21-4-2-5-23(16-21)22-8-9-22/h2-7,10-13,16-18,22H,8-9,14-15,19-20H2,1H3,(H,38,39). The number of carbonyl (C=O) groups is 1. The molecule has 0 amide bonds. The van der Waals surface area contributed by atoms with Crippen LogP contribution in [-0.4, -0.2) is 39.3 Å². The van der Waals surface area contributed by atoms with E-state index >= 15 is 4.39 Å². The van der Waals surface area contributed by atoms with Crippen molar-refractivity contribution in [1.29, 1.82) is 0 Å². The molecule has 8 heteroatoms. The molecule has 1 aliphatic rings. The Labute approximate surface area is 237 Å². The van der Waals surface area contributed by atoms with Gasteiger partial charge in [0.25, 0.3) is 0 Å². The maximum absolute atomic E-state index is 15.4. The van der Waals surface area contributed by atoms with Gasteiger partial charge in [0, 0.05) is 31.7 Å². The van der Waals surface area contributed by atoms with Crippen LogP contribution < -0.4 is 4.74 Å². The molecule has 5 aromatic rings. The zero-order chi connectivity index (χ0) is 28.3. The Bertz CT molecular complexity index is 1730. The molecule has 0 bridgehead atoms. The molecular formula is C33H30FN3O4. The molecule has 0 aliphatic heterocycles. The number of carboxylic acids is 1. The van der Waals surface area contributed by atoms with Gasteiger partial charge in [-0.3, -0.25) is 0 Å². The van der Waals surface area contributed by atoms with Gasteiger partial charge in [0.05, 0.1) is 28.9 Å². The molecule has 0 spiro atoms. The van der Waals surface area contributed by atoms with E-state index in [9.17, 15) is 9.90 Å². The number of rotatable bonds is 11. The fourth-order valence-corrected chi connectivity index (χ4v) is 5.06. The van der Waals surface area contributed by atoms with Gasteiger partial charge >= 0.3 is 5.97 Å². The van der Waals surface area contributed by atoms with E-state index in [2.05, 4.69) is 34.2 Å². The Hall–Kier alpha value is -4.56. The van der Waals surface area contributed by atoms with Crippen LogP contribution in [0.15, 0.2) is 78.9 Å². The van der Waals surface area contributed by atoms with Crippen molar-refractivity contribution in [3.63, 3.8) is 0 Å². The molecule has 1 saturated carbocycles. The number of aromatic carboxylic acids is 1. The lowest BCUT2D eigenvalue weighted by molar-refractivity contribution is 0.0697. The molecular weight excluding hydrogens is 521 g/mol. The summed E-state index contributed by atoms with van der Waals surface area (Å²) in [6.07, 6.45) is 2.75. The summed E-state index contributed by atoms with van der Waals surface area (Å²) in [7, 11) is 1.60. The van der Waals surface area contributed by atoms with Crippen LogP contribution in [0, 0.1) is 5.82 Å². The van der Waals surface area contributed by atoms with Crippen molar-refractivity contribution >= 4 is 17.0 Å². The van der Waals surface area contributed by atoms with Crippen LogP contribution in [0.5, 0.6) is 5.88 Å². The summed E-state index contributed by atoms with van der Waals surface area (Å²) in [5.74, 6) is 0.412. The molecule has 2 heterocycles. The molecule has 41 heavy (non-hydrogen) atoms. The van der Waals surface area contributed by atoms with Crippen LogP contribution in [0.25, 0.3) is 22.3 Å². The SMILES string of the molecule is COCCn1c(Cc2ccc(-c3cccc(OCc4cccc(C5CC5)c4)n3)cc2F)nc2ccc(C(=O)O)cc21. The van der Waals surface area contributed by atoms with E-state index in [0.717, 1.165) is 5.56 Å². The number of hydrogen-bond acceptors (Lipinski definition) is 5. The monoisotopic (exact) mass is 551 g/mol. The molecule has 2 aromatic heterocycles. The molecule has 0 atom stereocenters. The van der Waals surface area contributed by atoms with Gasteiger partial charge in [0.2, 0.25) is 5.88 Å². The van der Waals surface area contributed by atoms with Crippen molar-refractivity contribution in [3.8, 4) is 17.1 Å². The number of halogens is 1. The van der Waals surface area contributed by atoms with Gasteiger partial charge in [-0.15, -0.1) is 0 Å². The Morgan fingerprint density at radius 3 is 2.66 bits per heavy atom. The van der Waals surface area contributed by atoms with E-state index in [4.69, 9.17) is 9.47 Å². The summed E-state index contributed by atoms with van der Waals surface area (Å²) in [5.41, 5.74) is 5.70. The number of benzene rings is 3. The van der Waals surface area contributed by atoms with E-state index in [0.29, 0.717) is 65.2 Å². The summed E-state index contributed by atoms with van der Waals surface area (Å²) >= 11 is 0. The van der Waals surface area contributed by atoms with Crippen molar-refractivity contribution in [2.24, 2.45) is 0 Å². The van der Waals surface area contributed by atoms with Crippen LogP contribution in [0.2, 0.25) is 0 Å². The smallest absolute Gasteiger partial charge is 0.335 e. The quantitative estimate of drug-likeness (QED) is 0.198. The van der Waals surface area contributed by atoms with Gasteiger partial charge in [0.15, 0.2) is 0 Å². The van der Waals surface area contributed by atoms with Crippen molar-refractivity contribution in [2.75, 3.05) is 13.7 Å². The Morgan fingerprint density at radius 2 is 1.88 bits per heavy atom. The number of aromatic nitrogens is 3. The first-order valence-electron chi connectivity index (χ1n) is 13.7. The first-order chi connectivity index (χ1) is 20.0. The highest BCUT2D eigenvalue weighted by atomic mass is 19.1. The predicted molar refractivity (Wildman–Crippen MR) is 154 cm³/mol. The summed E-state index contributed by atoms with van der Waals surface area (Å²) in [6, 6.07) is 23.8. The first kappa shape index (κ1) is 26.7. The number of imidazole rings is 1. The van der Waals surface area contributed by atoms with Crippen LogP contribution in [0.3, 0.4) is 0 Å². The number of hydrogen-bond donors (Lipinski definition) is 1. The lowest BCUT2D eigenvalue weighted by Crippen LogP contribution is -2.10. The van der Waals surface area contributed by atoms with Crippen molar-refractivity contribution < 1.29 is 23.8 Å². The van der Waals surface area contributed by atoms with Crippen molar-refractivity contribution in [3.05, 3.63) is 113 Å². The van der Waals surface area contributed by atoms with Crippen molar-refractivity contribution in [1.82, 2.24) is 14.5 Å². The fourth-order valence-electron chi connectivity index (χ4n) is 5.06. The molecule has 3 aromatic carbocycles. The van der Waals surface area contributed by atoms with Crippen molar-refractivity contribution in [2.45, 2.75) is 38.3 Å². The highest BCUT2D eigenvalue weighted by Crippen LogP contribution is 2.40. The minimum atomic E-state index is -1.01. The summed E-state index contributed by atoms with van der Waals surface area (Å²) < 4.78 is 28.5. The number of fused-ring (bicyclic) bond motifs is 1. The normalized spacial score (nSPS) is 13.0. The second-order valence-electron chi connectivity index (χ2n) is 10.3. The zero-order valence-electron chi connectivity index (χ0n) is 22.7. The highest BCUT2D eigenvalue weighted by molar-refractivity contribution is 5.92. The molecule has 208 valence electrons. The number of carboxylic acid groups (broad SMARTS) is 1. The van der Waals surface area contributed by atoms with E-state index in [1.807, 2.05) is 22.8 Å². The van der Waals surface area contributed by atoms with E-state index in [-0.39, 0.29) is 17.8 Å². The minimum Gasteiger partial charge on any atom is -0.478 e. The largest absolute Gasteiger partial charge is 0.478 e. The van der Waals surface area contributed by atoms with Crippen LogP contribution in [0.4, 0.5) is 4.39 Å². The van der Waals surface area contributed by atoms with Gasteiger partial charge in [-0.1, -0.05) is 42.5 Å². The molecule has 0 saturated heterocycles. The third kappa shape index (κ3) is 5.98. The highest BCUT2D eigenvalue weighted by Gasteiger charge is 2.23. The van der Waals surface area contributed by atoms with Crippen LogP contribution in [-0.2, 0) is 24.3 Å². The molecule has 1 aliphatic carbocycles. The first-order valence-corrected chi connectivity index (χ1v) is 13.7. The average Bonchev–Trinajstić information content (AvgIpc) is 3.78. The molecule has 7 nitrogen and oxygen atoms in total. The summed E-state index contributed by atoms with van der Waals surface area (Å²) in [5, 5.41) is 9.42. The van der Waals surface area contributed by atoms with Gasteiger partial charge in [-0.25, -0.2) is 19.2 Å². The molecule has 1 N–H and O–H groups in total. The Balaban J connectivity index is 1.21.